The third-order valence-electron chi connectivity index (χ3n) is 7.51. The van der Waals surface area contributed by atoms with E-state index >= 15 is 4.39 Å². The number of alkyl halides is 4. The van der Waals surface area contributed by atoms with Crippen molar-refractivity contribution >= 4 is 34.9 Å². The minimum absolute atomic E-state index is 0.0306. The lowest BCUT2D eigenvalue weighted by Crippen LogP contribution is -2.49. The van der Waals surface area contributed by atoms with Crippen LogP contribution in [0.3, 0.4) is 0 Å². The van der Waals surface area contributed by atoms with Crippen LogP contribution in [0.4, 0.5) is 17.6 Å². The molecular weight excluding hydrogens is 574 g/mol. The number of halogens is 4. The van der Waals surface area contributed by atoms with Crippen molar-refractivity contribution in [3.8, 4) is 11.1 Å². The summed E-state index contributed by atoms with van der Waals surface area (Å²) in [5.74, 6) is -5.59. The Labute approximate surface area is 242 Å². The average molecular weight is 602 g/mol. The maximum atomic E-state index is 15.1. The summed E-state index contributed by atoms with van der Waals surface area (Å²) in [5.41, 5.74) is 3.19. The topological polar surface area (TPSA) is 128 Å². The lowest BCUT2D eigenvalue weighted by molar-refractivity contribution is -0.138. The van der Waals surface area contributed by atoms with Crippen molar-refractivity contribution in [1.82, 2.24) is 15.5 Å². The molecule has 3 aromatic rings. The number of hydrogen-bond acceptors (Lipinski definition) is 5. The Morgan fingerprint density at radius 3 is 2.50 bits per heavy atom. The van der Waals surface area contributed by atoms with Gasteiger partial charge in [0.25, 0.3) is 11.8 Å². The quantitative estimate of drug-likeness (QED) is 0.177. The molecule has 1 aliphatic carbocycles. The Kier molecular flexibility index (Phi) is 7.56. The van der Waals surface area contributed by atoms with E-state index < -0.39 is 67.6 Å². The number of carbonyl (C=O) groups excluding carboxylic acids is 3. The van der Waals surface area contributed by atoms with Gasteiger partial charge in [-0.2, -0.15) is 8.78 Å². The van der Waals surface area contributed by atoms with E-state index in [9.17, 15) is 27.6 Å². The summed E-state index contributed by atoms with van der Waals surface area (Å²) in [7, 11) is 0. The predicted octanol–water partition coefficient (Wildman–Crippen LogP) is 4.04. The Hall–Kier alpha value is -4.26. The first-order chi connectivity index (χ1) is 19.8. The number of nitrogens with one attached hydrogen (secondary N) is 3. The van der Waals surface area contributed by atoms with Gasteiger partial charge >= 0.3 is 0 Å². The highest BCUT2D eigenvalue weighted by atomic mass is 32.1. The van der Waals surface area contributed by atoms with Crippen molar-refractivity contribution < 1.29 is 31.9 Å². The molecule has 0 radical (unpaired) electrons. The molecule has 1 aromatic heterocycles. The summed E-state index contributed by atoms with van der Waals surface area (Å²) in [6.07, 6.45) is -0.566. The molecule has 5 N–H and O–H groups in total. The Balaban J connectivity index is 1.27. The summed E-state index contributed by atoms with van der Waals surface area (Å²) in [6, 6.07) is 11.1. The summed E-state index contributed by atoms with van der Waals surface area (Å²) in [5, 5.41) is 12.6. The maximum absolute atomic E-state index is 15.1. The molecule has 3 atom stereocenters. The van der Waals surface area contributed by atoms with Crippen LogP contribution in [0.15, 0.2) is 54.6 Å². The molecule has 2 aromatic carbocycles. The van der Waals surface area contributed by atoms with Crippen LogP contribution in [-0.2, 0) is 15.5 Å². The van der Waals surface area contributed by atoms with Gasteiger partial charge in [-0.3, -0.25) is 19.8 Å². The van der Waals surface area contributed by atoms with Gasteiger partial charge in [0.05, 0.1) is 24.0 Å². The summed E-state index contributed by atoms with van der Waals surface area (Å²) >= 11 is 1.19. The monoisotopic (exact) mass is 601 g/mol. The lowest BCUT2D eigenvalue weighted by Gasteiger charge is -2.25. The van der Waals surface area contributed by atoms with Gasteiger partial charge in [0.2, 0.25) is 11.8 Å². The molecule has 2 heterocycles. The molecule has 5 rings (SSSR count). The fraction of sp³-hybridized carbons (Fsp3) is 0.310. The van der Waals surface area contributed by atoms with Crippen molar-refractivity contribution in [3.63, 3.8) is 0 Å². The fourth-order valence-electron chi connectivity index (χ4n) is 5.32. The van der Waals surface area contributed by atoms with Gasteiger partial charge in [-0.25, -0.2) is 8.78 Å². The van der Waals surface area contributed by atoms with Crippen molar-refractivity contribution in [3.05, 3.63) is 81.0 Å². The molecule has 0 unspecified atom stereocenters. The number of nitrogen functional groups attached to an aromatic ring is 1. The highest BCUT2D eigenvalue weighted by Gasteiger charge is 2.50. The summed E-state index contributed by atoms with van der Waals surface area (Å²) < 4.78 is 58.3. The van der Waals surface area contributed by atoms with Gasteiger partial charge < -0.3 is 21.3 Å². The molecular formula is C29H27F4N5O3S. The minimum Gasteiger partial charge on any atom is -0.383 e. The molecule has 1 saturated heterocycles. The van der Waals surface area contributed by atoms with Crippen LogP contribution in [0.25, 0.3) is 11.1 Å². The molecule has 1 fully saturated rings. The highest BCUT2D eigenvalue weighted by molar-refractivity contribution is 7.14. The highest BCUT2D eigenvalue weighted by Crippen LogP contribution is 2.50. The number of rotatable bonds is 8. The zero-order chi connectivity index (χ0) is 30.4. The summed E-state index contributed by atoms with van der Waals surface area (Å²) in [6.45, 7) is -1.05. The van der Waals surface area contributed by atoms with Gasteiger partial charge in [-0.15, -0.1) is 11.3 Å². The van der Waals surface area contributed by atoms with Gasteiger partial charge in [0.15, 0.2) is 5.67 Å². The van der Waals surface area contributed by atoms with E-state index in [4.69, 9.17) is 11.1 Å². The van der Waals surface area contributed by atoms with Crippen molar-refractivity contribution in [2.75, 3.05) is 19.8 Å². The number of likely N-dealkylation sites (tertiary alicyclic amines) is 1. The lowest BCUT2D eigenvalue weighted by atomic mass is 10.0. The normalized spacial score (nSPS) is 20.9. The SMILES string of the molecule is C[C@@H](NC(=O)[C@@H]1C[C@](F)(CF)CN1C(=O)CNC(=O)c1ccc2c(c1)-c1ccccc1C2(F)F)c1ccc(C(=N)N)s1. The molecule has 0 bridgehead atoms. The maximum Gasteiger partial charge on any atom is 0.299 e. The van der Waals surface area contributed by atoms with Gasteiger partial charge in [0, 0.05) is 28.0 Å². The predicted molar refractivity (Wildman–Crippen MR) is 149 cm³/mol. The van der Waals surface area contributed by atoms with E-state index in [0.29, 0.717) is 15.3 Å². The molecule has 0 saturated carbocycles. The molecule has 3 amide bonds. The second-order valence-electron chi connectivity index (χ2n) is 10.4. The number of nitrogens with two attached hydrogens (primary N) is 1. The second-order valence-corrected chi connectivity index (χ2v) is 11.6. The van der Waals surface area contributed by atoms with Crippen LogP contribution in [0, 0.1) is 5.41 Å². The number of amides is 3. The number of amidine groups is 1. The zero-order valence-corrected chi connectivity index (χ0v) is 23.2. The Morgan fingerprint density at radius 2 is 1.81 bits per heavy atom. The van der Waals surface area contributed by atoms with E-state index in [1.165, 1.54) is 47.7 Å². The Bertz CT molecular complexity index is 1590. The van der Waals surface area contributed by atoms with E-state index in [0.717, 1.165) is 4.90 Å². The van der Waals surface area contributed by atoms with Crippen molar-refractivity contribution in [2.45, 2.75) is 37.0 Å². The van der Waals surface area contributed by atoms with Gasteiger partial charge in [0.1, 0.15) is 18.6 Å². The molecule has 8 nitrogen and oxygen atoms in total. The molecule has 2 aliphatic rings. The van der Waals surface area contributed by atoms with Crippen LogP contribution >= 0.6 is 11.3 Å². The van der Waals surface area contributed by atoms with Crippen LogP contribution in [0.1, 0.15) is 50.6 Å². The van der Waals surface area contributed by atoms with Gasteiger partial charge in [-0.1, -0.05) is 30.3 Å². The van der Waals surface area contributed by atoms with Crippen LogP contribution in [0.2, 0.25) is 0 Å². The second kappa shape index (κ2) is 10.9. The van der Waals surface area contributed by atoms with Crippen molar-refractivity contribution in [2.24, 2.45) is 5.73 Å². The third-order valence-corrected chi connectivity index (χ3v) is 8.81. The number of carbonyl (C=O) groups is 3. The van der Waals surface area contributed by atoms with Gasteiger partial charge in [-0.05, 0) is 42.3 Å². The number of benzene rings is 2. The van der Waals surface area contributed by atoms with E-state index in [1.807, 2.05) is 0 Å². The average Bonchev–Trinajstić information content (AvgIpc) is 3.66. The number of nitrogens with zero attached hydrogens (tertiary/aromatic N) is 1. The van der Waals surface area contributed by atoms with Crippen molar-refractivity contribution in [1.29, 1.82) is 5.41 Å². The minimum atomic E-state index is -3.21. The molecule has 1 aliphatic heterocycles. The van der Waals surface area contributed by atoms with Crippen LogP contribution in [-0.4, -0.2) is 59.9 Å². The third kappa shape index (κ3) is 5.24. The van der Waals surface area contributed by atoms with E-state index in [2.05, 4.69) is 10.6 Å². The molecule has 220 valence electrons. The van der Waals surface area contributed by atoms with Crippen LogP contribution < -0.4 is 16.4 Å². The number of hydrogen-bond donors (Lipinski definition) is 4. The first-order valence-corrected chi connectivity index (χ1v) is 13.9. The fourth-order valence-corrected chi connectivity index (χ4v) is 6.19. The first-order valence-electron chi connectivity index (χ1n) is 13.0. The smallest absolute Gasteiger partial charge is 0.299 e. The summed E-state index contributed by atoms with van der Waals surface area (Å²) in [4.78, 5) is 41.1. The number of thiophene rings is 1. The molecule has 0 spiro atoms. The first kappa shape index (κ1) is 29.2. The van der Waals surface area contributed by atoms with E-state index in [-0.39, 0.29) is 28.1 Å². The zero-order valence-electron chi connectivity index (χ0n) is 22.3. The number of fused-ring (bicyclic) bond motifs is 3. The largest absolute Gasteiger partial charge is 0.383 e. The van der Waals surface area contributed by atoms with Crippen LogP contribution in [0.5, 0.6) is 0 Å². The standard InChI is InChI=1S/C29H27F4N5O3S/c1-15(22-8-9-23(42-22)25(34)35)37-27(41)21-11-28(31,13-30)14-38(21)24(39)12-36-26(40)16-6-7-20-18(10-16)17-4-2-3-5-19(17)29(20,32)33/h2-10,15,21H,11-14H2,1H3,(H3,34,35)(H,36,40)(H,37,41)/t15-,21+,28+/m1/s1. The Morgan fingerprint density at radius 1 is 1.10 bits per heavy atom. The molecule has 13 heteroatoms. The van der Waals surface area contributed by atoms with E-state index in [1.54, 1.807) is 25.1 Å². The molecule has 42 heavy (non-hydrogen) atoms.